The summed E-state index contributed by atoms with van der Waals surface area (Å²) in [5.41, 5.74) is -0.169. The predicted molar refractivity (Wildman–Crippen MR) is 106 cm³/mol. The van der Waals surface area contributed by atoms with E-state index < -0.39 is 23.2 Å². The molecule has 1 atom stereocenters. The number of amides is 2. The minimum atomic E-state index is -1.38. The summed E-state index contributed by atoms with van der Waals surface area (Å²) >= 11 is 0. The van der Waals surface area contributed by atoms with E-state index in [1.54, 1.807) is 35.6 Å². The number of hydrogen-bond donors (Lipinski definition) is 1. The van der Waals surface area contributed by atoms with E-state index in [2.05, 4.69) is 20.7 Å². The fourth-order valence-electron chi connectivity index (χ4n) is 3.49. The van der Waals surface area contributed by atoms with E-state index in [-0.39, 0.29) is 25.6 Å². The summed E-state index contributed by atoms with van der Waals surface area (Å²) in [6, 6.07) is 1.68. The lowest BCUT2D eigenvalue weighted by molar-refractivity contribution is -0.163. The van der Waals surface area contributed by atoms with Gasteiger partial charge in [0.05, 0.1) is 24.8 Å². The van der Waals surface area contributed by atoms with Crippen molar-refractivity contribution in [1.29, 1.82) is 0 Å². The van der Waals surface area contributed by atoms with Gasteiger partial charge in [-0.15, -0.1) is 5.10 Å². The Labute approximate surface area is 174 Å². The number of aryl methyl sites for hydroxylation is 2. The Balaban J connectivity index is 1.90. The fourth-order valence-corrected chi connectivity index (χ4v) is 3.49. The van der Waals surface area contributed by atoms with Crippen LogP contribution in [0.2, 0.25) is 0 Å². The lowest BCUT2D eigenvalue weighted by Gasteiger charge is -2.35. The lowest BCUT2D eigenvalue weighted by atomic mass is 9.89. The van der Waals surface area contributed by atoms with Crippen LogP contribution in [0.5, 0.6) is 0 Å². The average Bonchev–Trinajstić information content (AvgIpc) is 3.32. The maximum atomic E-state index is 13.2. The van der Waals surface area contributed by atoms with Crippen LogP contribution in [-0.2, 0) is 39.3 Å². The summed E-state index contributed by atoms with van der Waals surface area (Å²) in [4.78, 5) is 40.1. The Morgan fingerprint density at radius 1 is 1.30 bits per heavy atom. The highest BCUT2D eigenvalue weighted by atomic mass is 16.5. The zero-order chi connectivity index (χ0) is 22.1. The number of carbonyl (C=O) groups excluding carboxylic acids is 3. The largest absolute Gasteiger partial charge is 0.465 e. The average molecular weight is 417 g/mol. The van der Waals surface area contributed by atoms with Crippen molar-refractivity contribution in [3.8, 4) is 0 Å². The van der Waals surface area contributed by atoms with Crippen LogP contribution in [0.15, 0.2) is 12.3 Å². The number of rotatable bonds is 6. The number of anilines is 1. The van der Waals surface area contributed by atoms with E-state index in [1.807, 2.05) is 6.92 Å². The van der Waals surface area contributed by atoms with E-state index in [0.29, 0.717) is 23.8 Å². The van der Waals surface area contributed by atoms with Crippen LogP contribution in [0.1, 0.15) is 45.0 Å². The molecular weight excluding hydrogens is 390 g/mol. The minimum absolute atomic E-state index is 0.0979. The number of carbonyl (C=O) groups is 3. The molecule has 162 valence electrons. The van der Waals surface area contributed by atoms with Crippen molar-refractivity contribution in [3.05, 3.63) is 23.7 Å². The maximum Gasteiger partial charge on any atom is 0.321 e. The number of hydrogen-bond acceptors (Lipinski definition) is 7. The maximum absolute atomic E-state index is 13.2. The summed E-state index contributed by atoms with van der Waals surface area (Å²) in [6.45, 7) is 7.63. The monoisotopic (exact) mass is 417 g/mol. The number of aromatic nitrogens is 5. The number of ether oxygens (including phenoxy) is 1. The third kappa shape index (κ3) is 3.91. The first-order valence-electron chi connectivity index (χ1n) is 9.88. The van der Waals surface area contributed by atoms with Crippen molar-refractivity contribution in [2.24, 2.45) is 12.5 Å². The molecule has 1 aliphatic rings. The number of fused-ring (bicyclic) bond motifs is 1. The van der Waals surface area contributed by atoms with Gasteiger partial charge in [0.15, 0.2) is 5.82 Å². The molecule has 0 saturated carbocycles. The highest BCUT2D eigenvalue weighted by Gasteiger charge is 2.45. The van der Waals surface area contributed by atoms with Crippen LogP contribution in [0.3, 0.4) is 0 Å². The second-order valence-electron chi connectivity index (χ2n) is 7.68. The van der Waals surface area contributed by atoms with E-state index in [4.69, 9.17) is 4.74 Å². The Hall–Kier alpha value is -3.24. The van der Waals surface area contributed by atoms with Gasteiger partial charge in [0.1, 0.15) is 11.1 Å². The molecule has 2 amide bonds. The molecule has 0 fully saturated rings. The van der Waals surface area contributed by atoms with Gasteiger partial charge in [-0.05, 0) is 27.7 Å². The van der Waals surface area contributed by atoms with Crippen LogP contribution in [0.4, 0.5) is 5.82 Å². The Kier molecular flexibility index (Phi) is 5.90. The lowest BCUT2D eigenvalue weighted by Crippen LogP contribution is -2.50. The Bertz CT molecular complexity index is 962. The van der Waals surface area contributed by atoms with Crippen molar-refractivity contribution >= 4 is 23.6 Å². The smallest absolute Gasteiger partial charge is 0.321 e. The van der Waals surface area contributed by atoms with E-state index in [1.165, 1.54) is 18.7 Å². The molecule has 0 aliphatic carbocycles. The number of nitrogens with zero attached hydrogens (tertiary/aromatic N) is 6. The minimum Gasteiger partial charge on any atom is -0.465 e. The van der Waals surface area contributed by atoms with Crippen molar-refractivity contribution in [1.82, 2.24) is 29.7 Å². The summed E-state index contributed by atoms with van der Waals surface area (Å²) in [7, 11) is 1.75. The summed E-state index contributed by atoms with van der Waals surface area (Å²) in [5, 5.41) is 15.2. The third-order valence-electron chi connectivity index (χ3n) is 5.11. The molecule has 0 aromatic carbocycles. The zero-order valence-electron chi connectivity index (χ0n) is 17.9. The van der Waals surface area contributed by atoms with E-state index in [0.717, 1.165) is 0 Å². The Morgan fingerprint density at radius 3 is 2.63 bits per heavy atom. The molecule has 0 spiro atoms. The van der Waals surface area contributed by atoms with Crippen molar-refractivity contribution in [2.45, 2.75) is 46.7 Å². The Morgan fingerprint density at radius 2 is 2.03 bits per heavy atom. The molecule has 1 N–H and O–H groups in total. The quantitative estimate of drug-likeness (QED) is 0.541. The van der Waals surface area contributed by atoms with Gasteiger partial charge in [-0.1, -0.05) is 5.21 Å². The molecular formula is C19H27N7O4. The van der Waals surface area contributed by atoms with Crippen molar-refractivity contribution in [2.75, 3.05) is 18.5 Å². The van der Waals surface area contributed by atoms with Crippen molar-refractivity contribution < 1.29 is 19.1 Å². The molecule has 3 rings (SSSR count). The normalized spacial score (nSPS) is 16.2. The second-order valence-corrected chi connectivity index (χ2v) is 7.68. The zero-order valence-corrected chi connectivity index (χ0v) is 17.9. The van der Waals surface area contributed by atoms with Gasteiger partial charge in [-0.2, -0.15) is 5.10 Å². The van der Waals surface area contributed by atoms with Gasteiger partial charge >= 0.3 is 5.97 Å². The SMILES string of the molecule is CCOC(=O)C(C)(C)C(=O)N1Cc2nnn(CC)c2C(C(=O)Nc2ccn(C)n2)C1. The summed E-state index contributed by atoms with van der Waals surface area (Å²) in [5.74, 6) is -1.64. The van der Waals surface area contributed by atoms with Crippen LogP contribution in [0, 0.1) is 5.41 Å². The molecule has 2 aromatic rings. The molecule has 11 heteroatoms. The molecule has 2 aromatic heterocycles. The van der Waals surface area contributed by atoms with Gasteiger partial charge in [0.2, 0.25) is 11.8 Å². The first-order valence-corrected chi connectivity index (χ1v) is 9.88. The van der Waals surface area contributed by atoms with Gasteiger partial charge < -0.3 is 15.0 Å². The molecule has 0 radical (unpaired) electrons. The molecule has 1 aliphatic heterocycles. The predicted octanol–water partition coefficient (Wildman–Crippen LogP) is 0.685. The van der Waals surface area contributed by atoms with Gasteiger partial charge in [-0.25, -0.2) is 4.68 Å². The van der Waals surface area contributed by atoms with Crippen molar-refractivity contribution in [3.63, 3.8) is 0 Å². The van der Waals surface area contributed by atoms with Crippen LogP contribution >= 0.6 is 0 Å². The molecule has 1 unspecified atom stereocenters. The van der Waals surface area contributed by atoms with Gasteiger partial charge in [0.25, 0.3) is 0 Å². The fraction of sp³-hybridized carbons (Fsp3) is 0.579. The topological polar surface area (TPSA) is 124 Å². The standard InChI is InChI=1S/C19H27N7O4/c1-6-26-15-12(16(27)20-14-8-9-24(5)22-14)10-25(11-13(15)21-23-26)17(28)19(3,4)18(29)30-7-2/h8-9,12H,6-7,10-11H2,1-5H3,(H,20,22,27). The molecule has 3 heterocycles. The summed E-state index contributed by atoms with van der Waals surface area (Å²) in [6.07, 6.45) is 1.72. The summed E-state index contributed by atoms with van der Waals surface area (Å²) < 4.78 is 8.30. The second kappa shape index (κ2) is 8.25. The number of nitrogens with one attached hydrogen (secondary N) is 1. The molecule has 0 bridgehead atoms. The van der Waals surface area contributed by atoms with Gasteiger partial charge in [0, 0.05) is 32.4 Å². The van der Waals surface area contributed by atoms with Crippen LogP contribution in [0.25, 0.3) is 0 Å². The molecule has 11 nitrogen and oxygen atoms in total. The highest BCUT2D eigenvalue weighted by Crippen LogP contribution is 2.31. The third-order valence-corrected chi connectivity index (χ3v) is 5.11. The number of esters is 1. The first kappa shape index (κ1) is 21.5. The first-order chi connectivity index (χ1) is 14.2. The molecule has 30 heavy (non-hydrogen) atoms. The molecule has 0 saturated heterocycles. The van der Waals surface area contributed by atoms with E-state index in [9.17, 15) is 14.4 Å². The van der Waals surface area contributed by atoms with Crippen LogP contribution in [-0.4, -0.2) is 60.6 Å². The van der Waals surface area contributed by atoms with Gasteiger partial charge in [-0.3, -0.25) is 19.1 Å². The van der Waals surface area contributed by atoms with E-state index >= 15 is 0 Å². The van der Waals surface area contributed by atoms with Crippen LogP contribution < -0.4 is 5.32 Å². The highest BCUT2D eigenvalue weighted by molar-refractivity contribution is 6.02.